The molecule has 0 aliphatic carbocycles. The predicted octanol–water partition coefficient (Wildman–Crippen LogP) is 3.05. The van der Waals surface area contributed by atoms with Crippen molar-refractivity contribution in [2.45, 2.75) is 17.3 Å². The van der Waals surface area contributed by atoms with Crippen molar-refractivity contribution in [3.05, 3.63) is 51.3 Å². The molecule has 1 aromatic carbocycles. The van der Waals surface area contributed by atoms with E-state index in [2.05, 4.69) is 21.2 Å². The van der Waals surface area contributed by atoms with E-state index in [1.54, 1.807) is 13.1 Å². The van der Waals surface area contributed by atoms with Gasteiger partial charge in [-0.2, -0.15) is 4.31 Å². The smallest absolute Gasteiger partial charge is 0.252 e. The first-order chi connectivity index (χ1) is 9.95. The van der Waals surface area contributed by atoms with Crippen molar-refractivity contribution in [3.63, 3.8) is 0 Å². The van der Waals surface area contributed by atoms with Gasteiger partial charge in [0, 0.05) is 24.6 Å². The van der Waals surface area contributed by atoms with E-state index in [1.807, 2.05) is 36.7 Å². The van der Waals surface area contributed by atoms with Crippen LogP contribution in [0.1, 0.15) is 11.1 Å². The fourth-order valence-electron chi connectivity index (χ4n) is 1.89. The van der Waals surface area contributed by atoms with Gasteiger partial charge in [0.05, 0.1) is 0 Å². The van der Waals surface area contributed by atoms with Crippen LogP contribution in [0.4, 0.5) is 0 Å². The topological polar surface area (TPSA) is 49.4 Å². The molecule has 0 atom stereocenters. The van der Waals surface area contributed by atoms with E-state index in [9.17, 15) is 8.42 Å². The summed E-state index contributed by atoms with van der Waals surface area (Å²) in [6, 6.07) is 9.36. The minimum atomic E-state index is -3.45. The van der Waals surface area contributed by atoms with E-state index in [1.165, 1.54) is 15.6 Å². The zero-order valence-electron chi connectivity index (χ0n) is 11.8. The van der Waals surface area contributed by atoms with Gasteiger partial charge >= 0.3 is 0 Å². The average Bonchev–Trinajstić information content (AvgIpc) is 2.91. The largest absolute Gasteiger partial charge is 0.316 e. The minimum Gasteiger partial charge on any atom is -0.316 e. The second-order valence-corrected chi connectivity index (χ2v) is 8.69. The molecule has 21 heavy (non-hydrogen) atoms. The minimum absolute atomic E-state index is 0.336. The third-order valence-electron chi connectivity index (χ3n) is 3.03. The van der Waals surface area contributed by atoms with Crippen molar-refractivity contribution in [2.75, 3.05) is 14.1 Å². The molecule has 0 aliphatic rings. The number of sulfonamides is 1. The zero-order valence-corrected chi connectivity index (χ0v) is 15.1. The maximum absolute atomic E-state index is 12.6. The number of nitrogens with one attached hydrogen (secondary N) is 1. The van der Waals surface area contributed by atoms with Gasteiger partial charge in [-0.25, -0.2) is 8.42 Å². The van der Waals surface area contributed by atoms with Crippen molar-refractivity contribution in [3.8, 4) is 0 Å². The molecule has 0 bridgehead atoms. The van der Waals surface area contributed by atoms with Crippen molar-refractivity contribution in [1.29, 1.82) is 0 Å². The van der Waals surface area contributed by atoms with Crippen LogP contribution in [0.5, 0.6) is 0 Å². The Morgan fingerprint density at radius 1 is 1.33 bits per heavy atom. The fraction of sp³-hybridized carbons (Fsp3) is 0.286. The Morgan fingerprint density at radius 3 is 2.71 bits per heavy atom. The van der Waals surface area contributed by atoms with Gasteiger partial charge in [0.15, 0.2) is 0 Å². The van der Waals surface area contributed by atoms with Gasteiger partial charge in [-0.15, -0.1) is 11.3 Å². The zero-order chi connectivity index (χ0) is 15.5. The molecule has 1 N–H and O–H groups in total. The van der Waals surface area contributed by atoms with E-state index in [0.717, 1.165) is 15.6 Å². The molecule has 0 saturated carbocycles. The molecule has 1 heterocycles. The molecule has 0 radical (unpaired) electrons. The number of thiophene rings is 1. The first-order valence-electron chi connectivity index (χ1n) is 6.37. The quantitative estimate of drug-likeness (QED) is 0.826. The number of hydrogen-bond acceptors (Lipinski definition) is 4. The number of nitrogens with zero attached hydrogens (tertiary/aromatic N) is 1. The SMILES string of the molecule is CNCc1csc(S(=O)(=O)N(C)Cc2ccccc2Br)c1. The van der Waals surface area contributed by atoms with Gasteiger partial charge in [-0.1, -0.05) is 34.1 Å². The molecule has 0 spiro atoms. The van der Waals surface area contributed by atoms with E-state index < -0.39 is 10.0 Å². The third kappa shape index (κ3) is 3.92. The van der Waals surface area contributed by atoms with Crippen LogP contribution in [0.3, 0.4) is 0 Å². The number of benzene rings is 1. The first-order valence-corrected chi connectivity index (χ1v) is 9.48. The summed E-state index contributed by atoms with van der Waals surface area (Å²) in [4.78, 5) is 0. The summed E-state index contributed by atoms with van der Waals surface area (Å²) in [6.45, 7) is 1.00. The Balaban J connectivity index is 2.20. The van der Waals surface area contributed by atoms with Crippen LogP contribution in [0.15, 0.2) is 44.4 Å². The standard InChI is InChI=1S/C14H17BrN2O2S2/c1-16-8-11-7-14(20-10-11)21(18,19)17(2)9-12-5-3-4-6-13(12)15/h3-7,10,16H,8-9H2,1-2H3. The Bertz CT molecular complexity index is 713. The number of halogens is 1. The first kappa shape index (κ1) is 16.6. The maximum Gasteiger partial charge on any atom is 0.252 e. The summed E-state index contributed by atoms with van der Waals surface area (Å²) in [5.74, 6) is 0. The average molecular weight is 389 g/mol. The van der Waals surface area contributed by atoms with Crippen molar-refractivity contribution >= 4 is 37.3 Å². The molecule has 0 fully saturated rings. The van der Waals surface area contributed by atoms with Crippen LogP contribution in [0.2, 0.25) is 0 Å². The molecule has 2 aromatic rings. The summed E-state index contributed by atoms with van der Waals surface area (Å²) in [5.41, 5.74) is 1.92. The van der Waals surface area contributed by atoms with E-state index >= 15 is 0 Å². The molecule has 4 nitrogen and oxygen atoms in total. The lowest BCUT2D eigenvalue weighted by Gasteiger charge is -2.16. The van der Waals surface area contributed by atoms with E-state index in [0.29, 0.717) is 17.3 Å². The monoisotopic (exact) mass is 388 g/mol. The molecule has 1 aromatic heterocycles. The molecule has 7 heteroatoms. The highest BCUT2D eigenvalue weighted by molar-refractivity contribution is 9.10. The molecular weight excluding hydrogens is 372 g/mol. The van der Waals surface area contributed by atoms with Gasteiger partial charge in [-0.3, -0.25) is 0 Å². The number of rotatable bonds is 6. The van der Waals surface area contributed by atoms with Crippen LogP contribution in [0, 0.1) is 0 Å². The van der Waals surface area contributed by atoms with Crippen LogP contribution in [-0.2, 0) is 23.1 Å². The molecule has 0 saturated heterocycles. The molecular formula is C14H17BrN2O2S2. The second kappa shape index (κ2) is 7.02. The molecule has 2 rings (SSSR count). The van der Waals surface area contributed by atoms with Gasteiger partial charge in [0.2, 0.25) is 0 Å². The van der Waals surface area contributed by atoms with Crippen molar-refractivity contribution in [1.82, 2.24) is 9.62 Å². The van der Waals surface area contributed by atoms with Crippen LogP contribution in [0.25, 0.3) is 0 Å². The maximum atomic E-state index is 12.6. The highest BCUT2D eigenvalue weighted by Crippen LogP contribution is 2.25. The summed E-state index contributed by atoms with van der Waals surface area (Å²) >= 11 is 4.70. The van der Waals surface area contributed by atoms with Gasteiger partial charge in [0.25, 0.3) is 10.0 Å². The molecule has 0 aliphatic heterocycles. The van der Waals surface area contributed by atoms with E-state index in [4.69, 9.17) is 0 Å². The summed E-state index contributed by atoms with van der Waals surface area (Å²) in [6.07, 6.45) is 0. The van der Waals surface area contributed by atoms with Crippen LogP contribution >= 0.6 is 27.3 Å². The Morgan fingerprint density at radius 2 is 2.05 bits per heavy atom. The van der Waals surface area contributed by atoms with Gasteiger partial charge < -0.3 is 5.32 Å². The predicted molar refractivity (Wildman–Crippen MR) is 89.9 cm³/mol. The van der Waals surface area contributed by atoms with Crippen molar-refractivity contribution < 1.29 is 8.42 Å². The fourth-order valence-corrected chi connectivity index (χ4v) is 4.87. The van der Waals surface area contributed by atoms with Gasteiger partial charge in [-0.05, 0) is 35.7 Å². The lowest BCUT2D eigenvalue weighted by atomic mass is 10.2. The highest BCUT2D eigenvalue weighted by Gasteiger charge is 2.23. The van der Waals surface area contributed by atoms with Crippen LogP contribution in [-0.4, -0.2) is 26.8 Å². The Labute approximate surface area is 138 Å². The summed E-state index contributed by atoms with van der Waals surface area (Å²) in [5, 5.41) is 4.89. The normalized spacial score (nSPS) is 12.0. The molecule has 114 valence electrons. The van der Waals surface area contributed by atoms with Crippen molar-refractivity contribution in [2.24, 2.45) is 0 Å². The van der Waals surface area contributed by atoms with Crippen LogP contribution < -0.4 is 5.32 Å². The molecule has 0 unspecified atom stereocenters. The molecule has 0 amide bonds. The third-order valence-corrected chi connectivity index (χ3v) is 7.07. The highest BCUT2D eigenvalue weighted by atomic mass is 79.9. The Kier molecular flexibility index (Phi) is 5.56. The summed E-state index contributed by atoms with van der Waals surface area (Å²) < 4.78 is 27.8. The summed E-state index contributed by atoms with van der Waals surface area (Å²) in [7, 11) is -0.00658. The Hall–Kier alpha value is -0.730. The lowest BCUT2D eigenvalue weighted by Crippen LogP contribution is -2.26. The second-order valence-electron chi connectivity index (χ2n) is 4.66. The van der Waals surface area contributed by atoms with Gasteiger partial charge in [0.1, 0.15) is 4.21 Å². The van der Waals surface area contributed by atoms with E-state index in [-0.39, 0.29) is 0 Å². The number of hydrogen-bond donors (Lipinski definition) is 1. The lowest BCUT2D eigenvalue weighted by molar-refractivity contribution is 0.468.